The minimum absolute atomic E-state index is 0.571. The molecule has 0 atom stereocenters. The molecule has 0 saturated heterocycles. The molecule has 1 N–H and O–H groups in total. The highest BCUT2D eigenvalue weighted by Gasteiger charge is 2.04. The molecular formula is C18H24ClNO. The van der Waals surface area contributed by atoms with Gasteiger partial charge in [-0.3, -0.25) is 0 Å². The summed E-state index contributed by atoms with van der Waals surface area (Å²) in [7, 11) is 0. The van der Waals surface area contributed by atoms with Crippen molar-refractivity contribution in [1.82, 2.24) is 5.32 Å². The van der Waals surface area contributed by atoms with Crippen molar-refractivity contribution in [3.63, 3.8) is 0 Å². The first-order valence-electron chi connectivity index (χ1n) is 7.72. The predicted molar refractivity (Wildman–Crippen MR) is 91.4 cm³/mol. The fraction of sp³-hybridized carbons (Fsp3) is 0.444. The highest BCUT2D eigenvalue weighted by Crippen LogP contribution is 2.31. The Kier molecular flexibility index (Phi) is 6.34. The van der Waals surface area contributed by atoms with Crippen LogP contribution in [0.2, 0.25) is 5.02 Å². The zero-order chi connectivity index (χ0) is 15.1. The van der Waals surface area contributed by atoms with E-state index in [0.29, 0.717) is 6.04 Å². The van der Waals surface area contributed by atoms with Gasteiger partial charge in [0.25, 0.3) is 0 Å². The summed E-state index contributed by atoms with van der Waals surface area (Å²) in [5.41, 5.74) is 0. The third kappa shape index (κ3) is 4.90. The van der Waals surface area contributed by atoms with Gasteiger partial charge in [0.1, 0.15) is 5.75 Å². The molecule has 0 aromatic heterocycles. The van der Waals surface area contributed by atoms with Crippen LogP contribution >= 0.6 is 11.6 Å². The lowest BCUT2D eigenvalue weighted by molar-refractivity contribution is 0.308. The van der Waals surface area contributed by atoms with E-state index in [2.05, 4.69) is 25.2 Å². The molecule has 0 amide bonds. The van der Waals surface area contributed by atoms with E-state index in [4.69, 9.17) is 16.3 Å². The number of hydrogen-bond donors (Lipinski definition) is 1. The number of halogens is 1. The van der Waals surface area contributed by atoms with E-state index in [1.807, 2.05) is 30.3 Å². The molecule has 2 nitrogen and oxygen atoms in total. The molecule has 0 aliphatic heterocycles. The van der Waals surface area contributed by atoms with E-state index in [1.54, 1.807) is 0 Å². The van der Waals surface area contributed by atoms with Crippen molar-refractivity contribution in [2.45, 2.75) is 39.2 Å². The summed E-state index contributed by atoms with van der Waals surface area (Å²) in [4.78, 5) is 0. The van der Waals surface area contributed by atoms with E-state index in [9.17, 15) is 0 Å². The lowest BCUT2D eigenvalue weighted by atomic mass is 10.1. The van der Waals surface area contributed by atoms with E-state index < -0.39 is 0 Å². The van der Waals surface area contributed by atoms with Gasteiger partial charge in [0.05, 0.1) is 6.61 Å². The van der Waals surface area contributed by atoms with Gasteiger partial charge in [-0.05, 0) is 37.9 Å². The standard InChI is InChI=1S/C18H24ClNO/c1-14(2)20-12-6-3-7-13-21-18-11-10-17(19)15-8-4-5-9-16(15)18/h4-5,8-11,14,20H,3,6-7,12-13H2,1-2H3. The van der Waals surface area contributed by atoms with Crippen molar-refractivity contribution in [3.8, 4) is 5.75 Å². The summed E-state index contributed by atoms with van der Waals surface area (Å²) < 4.78 is 5.92. The third-order valence-corrected chi connectivity index (χ3v) is 3.79. The third-order valence-electron chi connectivity index (χ3n) is 3.46. The molecule has 0 saturated carbocycles. The summed E-state index contributed by atoms with van der Waals surface area (Å²) in [6.45, 7) is 6.19. The average molecular weight is 306 g/mol. The monoisotopic (exact) mass is 305 g/mol. The zero-order valence-electron chi connectivity index (χ0n) is 12.9. The van der Waals surface area contributed by atoms with Crippen LogP contribution in [0, 0.1) is 0 Å². The predicted octanol–water partition coefficient (Wildman–Crippen LogP) is 5.04. The molecule has 3 heteroatoms. The van der Waals surface area contributed by atoms with Gasteiger partial charge >= 0.3 is 0 Å². The molecule has 0 unspecified atom stereocenters. The Balaban J connectivity index is 1.80. The fourth-order valence-corrected chi connectivity index (χ4v) is 2.57. The number of ether oxygens (including phenoxy) is 1. The van der Waals surface area contributed by atoms with Crippen molar-refractivity contribution in [3.05, 3.63) is 41.4 Å². The van der Waals surface area contributed by atoms with Crippen molar-refractivity contribution in [2.24, 2.45) is 0 Å². The number of nitrogens with one attached hydrogen (secondary N) is 1. The molecule has 0 spiro atoms. The van der Waals surface area contributed by atoms with Crippen LogP contribution in [-0.4, -0.2) is 19.2 Å². The first kappa shape index (κ1) is 16.1. The Morgan fingerprint density at radius 2 is 1.76 bits per heavy atom. The molecule has 0 fully saturated rings. The van der Waals surface area contributed by atoms with Gasteiger partial charge in [-0.1, -0.05) is 49.7 Å². The Hall–Kier alpha value is -1.25. The number of hydrogen-bond acceptors (Lipinski definition) is 2. The molecule has 0 radical (unpaired) electrons. The summed E-state index contributed by atoms with van der Waals surface area (Å²) >= 11 is 6.21. The van der Waals surface area contributed by atoms with Crippen LogP contribution in [0.4, 0.5) is 0 Å². The van der Waals surface area contributed by atoms with Gasteiger partial charge in [-0.15, -0.1) is 0 Å². The van der Waals surface area contributed by atoms with Gasteiger partial charge < -0.3 is 10.1 Å². The highest BCUT2D eigenvalue weighted by molar-refractivity contribution is 6.35. The van der Waals surface area contributed by atoms with Gasteiger partial charge in [0.2, 0.25) is 0 Å². The van der Waals surface area contributed by atoms with Gasteiger partial charge in [-0.2, -0.15) is 0 Å². The second kappa shape index (κ2) is 8.26. The second-order valence-corrected chi connectivity index (χ2v) is 6.02. The van der Waals surface area contributed by atoms with E-state index in [0.717, 1.165) is 41.1 Å². The normalized spacial score (nSPS) is 11.2. The van der Waals surface area contributed by atoms with Gasteiger partial charge in [0.15, 0.2) is 0 Å². The Morgan fingerprint density at radius 3 is 2.52 bits per heavy atom. The van der Waals surface area contributed by atoms with Gasteiger partial charge in [-0.25, -0.2) is 0 Å². The number of rotatable bonds is 8. The Labute approximate surface area is 132 Å². The smallest absolute Gasteiger partial charge is 0.127 e. The average Bonchev–Trinajstić information content (AvgIpc) is 2.48. The summed E-state index contributed by atoms with van der Waals surface area (Å²) in [5.74, 6) is 0.926. The molecule has 0 aliphatic carbocycles. The maximum absolute atomic E-state index is 6.21. The molecule has 21 heavy (non-hydrogen) atoms. The van der Waals surface area contributed by atoms with E-state index in [-0.39, 0.29) is 0 Å². The summed E-state index contributed by atoms with van der Waals surface area (Å²) in [6, 6.07) is 12.5. The maximum atomic E-state index is 6.21. The first-order valence-corrected chi connectivity index (χ1v) is 8.09. The highest BCUT2D eigenvalue weighted by atomic mass is 35.5. The molecule has 2 rings (SSSR count). The van der Waals surface area contributed by atoms with E-state index in [1.165, 1.54) is 12.8 Å². The number of benzene rings is 2. The second-order valence-electron chi connectivity index (χ2n) is 5.61. The molecule has 0 heterocycles. The maximum Gasteiger partial charge on any atom is 0.127 e. The topological polar surface area (TPSA) is 21.3 Å². The molecule has 114 valence electrons. The van der Waals surface area contributed by atoms with Crippen LogP contribution in [0.5, 0.6) is 5.75 Å². The largest absolute Gasteiger partial charge is 0.493 e. The number of unbranched alkanes of at least 4 members (excludes halogenated alkanes) is 2. The van der Waals surface area contributed by atoms with Crippen LogP contribution in [0.1, 0.15) is 33.1 Å². The Bertz CT molecular complexity index is 568. The van der Waals surface area contributed by atoms with E-state index >= 15 is 0 Å². The van der Waals surface area contributed by atoms with Crippen LogP contribution in [0.25, 0.3) is 10.8 Å². The Morgan fingerprint density at radius 1 is 1.00 bits per heavy atom. The quantitative estimate of drug-likeness (QED) is 0.690. The van der Waals surface area contributed by atoms with Crippen LogP contribution in [-0.2, 0) is 0 Å². The molecule has 0 bridgehead atoms. The van der Waals surface area contributed by atoms with Crippen molar-refractivity contribution >= 4 is 22.4 Å². The summed E-state index contributed by atoms with van der Waals surface area (Å²) in [5, 5.41) is 6.35. The molecule has 2 aromatic rings. The SMILES string of the molecule is CC(C)NCCCCCOc1ccc(Cl)c2ccccc12. The lowest BCUT2D eigenvalue weighted by Gasteiger charge is -2.11. The molecule has 0 aliphatic rings. The number of fused-ring (bicyclic) bond motifs is 1. The molecular weight excluding hydrogens is 282 g/mol. The van der Waals surface area contributed by atoms with Gasteiger partial charge in [0, 0.05) is 21.8 Å². The summed E-state index contributed by atoms with van der Waals surface area (Å²) in [6.07, 6.45) is 3.46. The minimum Gasteiger partial charge on any atom is -0.493 e. The van der Waals surface area contributed by atoms with Crippen LogP contribution in [0.3, 0.4) is 0 Å². The van der Waals surface area contributed by atoms with Crippen molar-refractivity contribution in [1.29, 1.82) is 0 Å². The zero-order valence-corrected chi connectivity index (χ0v) is 13.6. The van der Waals surface area contributed by atoms with Crippen LogP contribution in [0.15, 0.2) is 36.4 Å². The lowest BCUT2D eigenvalue weighted by Crippen LogP contribution is -2.23. The molecule has 2 aromatic carbocycles. The fourth-order valence-electron chi connectivity index (χ4n) is 2.34. The van der Waals surface area contributed by atoms with Crippen molar-refractivity contribution in [2.75, 3.05) is 13.2 Å². The van der Waals surface area contributed by atoms with Crippen molar-refractivity contribution < 1.29 is 4.74 Å². The first-order chi connectivity index (χ1) is 10.2. The minimum atomic E-state index is 0.571. The van der Waals surface area contributed by atoms with Crippen LogP contribution < -0.4 is 10.1 Å².